The molecular formula is C14H17F2N3. The third-order valence-corrected chi connectivity index (χ3v) is 3.03. The Hall–Kier alpha value is -1.91. The number of hydrogen-bond donors (Lipinski definition) is 1. The quantitative estimate of drug-likeness (QED) is 0.921. The molecule has 1 aromatic heterocycles. The Morgan fingerprint density at radius 2 is 2.00 bits per heavy atom. The number of halogens is 2. The van der Waals surface area contributed by atoms with Crippen molar-refractivity contribution in [1.29, 1.82) is 0 Å². The minimum absolute atomic E-state index is 0.113. The first-order valence-corrected chi connectivity index (χ1v) is 6.38. The summed E-state index contributed by atoms with van der Waals surface area (Å²) in [6.45, 7) is 4.71. The molecule has 0 bridgehead atoms. The zero-order valence-electron chi connectivity index (χ0n) is 11.1. The van der Waals surface area contributed by atoms with Crippen LogP contribution in [0, 0.1) is 11.6 Å². The summed E-state index contributed by atoms with van der Waals surface area (Å²) < 4.78 is 28.9. The van der Waals surface area contributed by atoms with Crippen LogP contribution in [-0.2, 0) is 13.0 Å². The Kier molecular flexibility index (Phi) is 3.83. The van der Waals surface area contributed by atoms with Gasteiger partial charge in [0, 0.05) is 18.5 Å². The van der Waals surface area contributed by atoms with Crippen molar-refractivity contribution >= 4 is 5.82 Å². The molecule has 3 nitrogen and oxygen atoms in total. The standard InChI is InChI=1S/C14H17F2N3/c1-3-7-19-12(4-2)18-13(14(19)17)10-8-9(15)5-6-11(10)16/h5-6,8H,3-4,7,17H2,1-2H3. The van der Waals surface area contributed by atoms with E-state index in [1.165, 1.54) is 0 Å². The van der Waals surface area contributed by atoms with Crippen LogP contribution in [0.4, 0.5) is 14.6 Å². The number of anilines is 1. The third-order valence-electron chi connectivity index (χ3n) is 3.03. The summed E-state index contributed by atoms with van der Waals surface area (Å²) in [5, 5.41) is 0. The van der Waals surface area contributed by atoms with Gasteiger partial charge in [0.2, 0.25) is 0 Å². The number of nitrogen functional groups attached to an aromatic ring is 1. The smallest absolute Gasteiger partial charge is 0.132 e. The monoisotopic (exact) mass is 265 g/mol. The molecule has 0 aliphatic rings. The van der Waals surface area contributed by atoms with Gasteiger partial charge < -0.3 is 10.3 Å². The van der Waals surface area contributed by atoms with Crippen molar-refractivity contribution in [2.24, 2.45) is 0 Å². The summed E-state index contributed by atoms with van der Waals surface area (Å²) in [6.07, 6.45) is 1.60. The molecule has 102 valence electrons. The molecule has 2 aromatic rings. The minimum atomic E-state index is -0.517. The summed E-state index contributed by atoms with van der Waals surface area (Å²) >= 11 is 0. The van der Waals surface area contributed by atoms with Gasteiger partial charge in [-0.05, 0) is 24.6 Å². The lowest BCUT2D eigenvalue weighted by Gasteiger charge is -2.07. The van der Waals surface area contributed by atoms with Crippen LogP contribution in [-0.4, -0.2) is 9.55 Å². The summed E-state index contributed by atoms with van der Waals surface area (Å²) in [7, 11) is 0. The normalized spacial score (nSPS) is 10.9. The Morgan fingerprint density at radius 1 is 1.26 bits per heavy atom. The molecule has 0 atom stereocenters. The number of nitrogens with two attached hydrogens (primary N) is 1. The Balaban J connectivity index is 2.59. The second-order valence-electron chi connectivity index (χ2n) is 4.39. The molecule has 1 heterocycles. The molecule has 0 unspecified atom stereocenters. The largest absolute Gasteiger partial charge is 0.383 e. The van der Waals surface area contributed by atoms with Gasteiger partial charge >= 0.3 is 0 Å². The average Bonchev–Trinajstić information content (AvgIpc) is 2.70. The maximum Gasteiger partial charge on any atom is 0.132 e. The highest BCUT2D eigenvalue weighted by Gasteiger charge is 2.18. The lowest BCUT2D eigenvalue weighted by Crippen LogP contribution is -2.06. The second-order valence-corrected chi connectivity index (χ2v) is 4.39. The molecule has 0 fully saturated rings. The SMILES string of the molecule is CCCn1c(CC)nc(-c2cc(F)ccc2F)c1N. The van der Waals surface area contributed by atoms with Crippen LogP contribution >= 0.6 is 0 Å². The zero-order chi connectivity index (χ0) is 14.0. The van der Waals surface area contributed by atoms with E-state index in [0.29, 0.717) is 17.9 Å². The summed E-state index contributed by atoms with van der Waals surface area (Å²) in [5.74, 6) is 0.164. The summed E-state index contributed by atoms with van der Waals surface area (Å²) in [4.78, 5) is 4.35. The molecular weight excluding hydrogens is 248 g/mol. The number of rotatable bonds is 4. The molecule has 5 heteroatoms. The Bertz CT molecular complexity index is 591. The molecule has 0 aliphatic carbocycles. The maximum atomic E-state index is 13.8. The lowest BCUT2D eigenvalue weighted by atomic mass is 10.1. The first-order valence-electron chi connectivity index (χ1n) is 6.38. The van der Waals surface area contributed by atoms with Crippen LogP contribution in [0.25, 0.3) is 11.3 Å². The van der Waals surface area contributed by atoms with Crippen LogP contribution in [0.1, 0.15) is 26.1 Å². The van der Waals surface area contributed by atoms with E-state index in [9.17, 15) is 8.78 Å². The molecule has 0 aliphatic heterocycles. The van der Waals surface area contributed by atoms with Crippen molar-refractivity contribution in [2.75, 3.05) is 5.73 Å². The van der Waals surface area contributed by atoms with Gasteiger partial charge in [-0.25, -0.2) is 13.8 Å². The van der Waals surface area contributed by atoms with Gasteiger partial charge in [0.25, 0.3) is 0 Å². The number of nitrogens with zero attached hydrogens (tertiary/aromatic N) is 2. The number of benzene rings is 1. The molecule has 0 saturated carbocycles. The fraction of sp³-hybridized carbons (Fsp3) is 0.357. The van der Waals surface area contributed by atoms with Crippen molar-refractivity contribution < 1.29 is 8.78 Å². The van der Waals surface area contributed by atoms with E-state index >= 15 is 0 Å². The predicted molar refractivity (Wildman–Crippen MR) is 71.7 cm³/mol. The topological polar surface area (TPSA) is 43.8 Å². The van der Waals surface area contributed by atoms with E-state index < -0.39 is 11.6 Å². The molecule has 0 amide bonds. The Morgan fingerprint density at radius 3 is 2.63 bits per heavy atom. The van der Waals surface area contributed by atoms with E-state index in [-0.39, 0.29) is 5.56 Å². The van der Waals surface area contributed by atoms with Gasteiger partial charge in [-0.3, -0.25) is 0 Å². The fourth-order valence-electron chi connectivity index (χ4n) is 2.13. The highest BCUT2D eigenvalue weighted by molar-refractivity contribution is 5.71. The van der Waals surface area contributed by atoms with Crippen LogP contribution in [0.3, 0.4) is 0 Å². The van der Waals surface area contributed by atoms with Crippen LogP contribution in [0.2, 0.25) is 0 Å². The second kappa shape index (κ2) is 5.38. The van der Waals surface area contributed by atoms with E-state index in [0.717, 1.165) is 37.0 Å². The molecule has 0 saturated heterocycles. The van der Waals surface area contributed by atoms with Crippen molar-refractivity contribution in [3.8, 4) is 11.3 Å². The van der Waals surface area contributed by atoms with Crippen molar-refractivity contribution in [1.82, 2.24) is 9.55 Å². The van der Waals surface area contributed by atoms with Gasteiger partial charge in [0.05, 0.1) is 0 Å². The molecule has 2 rings (SSSR count). The summed E-state index contributed by atoms with van der Waals surface area (Å²) in [6, 6.07) is 3.30. The van der Waals surface area contributed by atoms with Gasteiger partial charge in [-0.2, -0.15) is 0 Å². The van der Waals surface area contributed by atoms with Gasteiger partial charge in [-0.1, -0.05) is 13.8 Å². The molecule has 0 spiro atoms. The minimum Gasteiger partial charge on any atom is -0.383 e. The summed E-state index contributed by atoms with van der Waals surface area (Å²) in [5.41, 5.74) is 6.46. The first-order chi connectivity index (χ1) is 9.08. The van der Waals surface area contributed by atoms with E-state index in [1.807, 2.05) is 18.4 Å². The highest BCUT2D eigenvalue weighted by Crippen LogP contribution is 2.29. The molecule has 0 radical (unpaired) electrons. The third kappa shape index (κ3) is 2.45. The first kappa shape index (κ1) is 13.5. The zero-order valence-corrected chi connectivity index (χ0v) is 11.1. The van der Waals surface area contributed by atoms with Gasteiger partial charge in [0.15, 0.2) is 0 Å². The van der Waals surface area contributed by atoms with Gasteiger partial charge in [-0.15, -0.1) is 0 Å². The highest BCUT2D eigenvalue weighted by atomic mass is 19.1. The predicted octanol–water partition coefficient (Wildman–Crippen LogP) is 3.38. The molecule has 1 aromatic carbocycles. The van der Waals surface area contributed by atoms with Crippen LogP contribution in [0.15, 0.2) is 18.2 Å². The van der Waals surface area contributed by atoms with Gasteiger partial charge in [0.1, 0.15) is 29.0 Å². The number of imidazole rings is 1. The lowest BCUT2D eigenvalue weighted by molar-refractivity contribution is 0.603. The van der Waals surface area contributed by atoms with Crippen molar-refractivity contribution in [3.05, 3.63) is 35.7 Å². The molecule has 19 heavy (non-hydrogen) atoms. The number of hydrogen-bond acceptors (Lipinski definition) is 2. The van der Waals surface area contributed by atoms with Crippen LogP contribution < -0.4 is 5.73 Å². The van der Waals surface area contributed by atoms with Crippen molar-refractivity contribution in [2.45, 2.75) is 33.2 Å². The maximum absolute atomic E-state index is 13.8. The average molecular weight is 265 g/mol. The van der Waals surface area contributed by atoms with E-state index in [1.54, 1.807) is 0 Å². The fourth-order valence-corrected chi connectivity index (χ4v) is 2.13. The molecule has 2 N–H and O–H groups in total. The van der Waals surface area contributed by atoms with Crippen molar-refractivity contribution in [3.63, 3.8) is 0 Å². The number of aryl methyl sites for hydroxylation is 1. The Labute approximate surface area is 111 Å². The van der Waals surface area contributed by atoms with Crippen LogP contribution in [0.5, 0.6) is 0 Å². The van der Waals surface area contributed by atoms with E-state index in [2.05, 4.69) is 4.98 Å². The number of aromatic nitrogens is 2. The van der Waals surface area contributed by atoms with E-state index in [4.69, 9.17) is 5.73 Å².